The fourth-order valence-electron chi connectivity index (χ4n) is 3.22. The van der Waals surface area contributed by atoms with E-state index in [2.05, 4.69) is 66.0 Å². The molecule has 2 nitrogen and oxygen atoms in total. The third-order valence-corrected chi connectivity index (χ3v) is 4.39. The molecule has 2 unspecified atom stereocenters. The van der Waals surface area contributed by atoms with Crippen LogP contribution in [0.4, 0.5) is 0 Å². The summed E-state index contributed by atoms with van der Waals surface area (Å²) in [5, 5.41) is 3.83. The van der Waals surface area contributed by atoms with Crippen molar-refractivity contribution < 1.29 is 4.74 Å². The molecule has 1 N–H and O–H groups in total. The van der Waals surface area contributed by atoms with Gasteiger partial charge >= 0.3 is 0 Å². The first-order valence-electron chi connectivity index (χ1n) is 7.75. The first-order chi connectivity index (χ1) is 10.4. The van der Waals surface area contributed by atoms with Gasteiger partial charge in [0, 0.05) is 13.2 Å². The summed E-state index contributed by atoms with van der Waals surface area (Å²) < 4.78 is 5.49. The predicted molar refractivity (Wildman–Crippen MR) is 86.3 cm³/mol. The lowest BCUT2D eigenvalue weighted by Gasteiger charge is -2.24. The molecule has 1 aliphatic carbocycles. The molecule has 110 valence electrons. The number of hydrogen-bond donors (Lipinski definition) is 1. The Morgan fingerprint density at radius 1 is 0.905 bits per heavy atom. The van der Waals surface area contributed by atoms with E-state index in [0.717, 1.165) is 12.8 Å². The van der Waals surface area contributed by atoms with Crippen LogP contribution in [0.2, 0.25) is 0 Å². The van der Waals surface area contributed by atoms with Crippen LogP contribution in [-0.4, -0.2) is 19.3 Å². The molecule has 0 heterocycles. The lowest BCUT2D eigenvalue weighted by Crippen LogP contribution is -2.32. The van der Waals surface area contributed by atoms with E-state index < -0.39 is 0 Å². The molecule has 1 aliphatic rings. The molecule has 1 saturated carbocycles. The Balaban J connectivity index is 1.80. The van der Waals surface area contributed by atoms with Crippen molar-refractivity contribution in [2.24, 2.45) is 0 Å². The van der Waals surface area contributed by atoms with Crippen molar-refractivity contribution >= 4 is 0 Å². The van der Waals surface area contributed by atoms with Gasteiger partial charge in [-0.1, -0.05) is 60.7 Å². The van der Waals surface area contributed by atoms with Gasteiger partial charge in [-0.15, -0.1) is 0 Å². The highest BCUT2D eigenvalue weighted by Crippen LogP contribution is 2.28. The molecule has 0 spiro atoms. The van der Waals surface area contributed by atoms with Crippen molar-refractivity contribution in [3.05, 3.63) is 71.8 Å². The van der Waals surface area contributed by atoms with Crippen LogP contribution in [0.5, 0.6) is 0 Å². The maximum absolute atomic E-state index is 5.49. The van der Waals surface area contributed by atoms with Gasteiger partial charge in [-0.2, -0.15) is 0 Å². The number of methoxy groups -OCH3 is 1. The summed E-state index contributed by atoms with van der Waals surface area (Å²) in [5.74, 6) is 0. The third-order valence-electron chi connectivity index (χ3n) is 4.39. The van der Waals surface area contributed by atoms with Gasteiger partial charge in [0.2, 0.25) is 0 Å². The second-order valence-electron chi connectivity index (χ2n) is 5.79. The summed E-state index contributed by atoms with van der Waals surface area (Å²) in [6.07, 6.45) is 3.86. The number of ether oxygens (including phenoxy) is 1. The van der Waals surface area contributed by atoms with Crippen LogP contribution in [0.25, 0.3) is 0 Å². The van der Waals surface area contributed by atoms with Gasteiger partial charge in [0.15, 0.2) is 0 Å². The molecular weight excluding hydrogens is 258 g/mol. The maximum Gasteiger partial charge on any atom is 0.0586 e. The van der Waals surface area contributed by atoms with Crippen LogP contribution < -0.4 is 5.32 Å². The van der Waals surface area contributed by atoms with Gasteiger partial charge in [0.25, 0.3) is 0 Å². The summed E-state index contributed by atoms with van der Waals surface area (Å²) in [6.45, 7) is 0. The van der Waals surface area contributed by atoms with Crippen molar-refractivity contribution in [2.75, 3.05) is 7.11 Å². The van der Waals surface area contributed by atoms with Gasteiger partial charge in [0.1, 0.15) is 0 Å². The molecule has 2 aromatic rings. The highest BCUT2D eigenvalue weighted by atomic mass is 16.5. The molecule has 2 atom stereocenters. The van der Waals surface area contributed by atoms with Crippen molar-refractivity contribution in [3.8, 4) is 0 Å². The average Bonchev–Trinajstić information content (AvgIpc) is 3.02. The summed E-state index contributed by atoms with van der Waals surface area (Å²) in [7, 11) is 1.82. The van der Waals surface area contributed by atoms with Crippen LogP contribution >= 0.6 is 0 Å². The van der Waals surface area contributed by atoms with Gasteiger partial charge in [-0.3, -0.25) is 0 Å². The molecule has 0 amide bonds. The minimum Gasteiger partial charge on any atom is -0.381 e. The highest BCUT2D eigenvalue weighted by Gasteiger charge is 2.27. The molecule has 0 saturated heterocycles. The highest BCUT2D eigenvalue weighted by molar-refractivity contribution is 5.31. The van der Waals surface area contributed by atoms with E-state index in [-0.39, 0.29) is 6.04 Å². The molecule has 0 aliphatic heterocycles. The number of rotatable bonds is 5. The topological polar surface area (TPSA) is 21.3 Å². The first kappa shape index (κ1) is 14.3. The van der Waals surface area contributed by atoms with Crippen LogP contribution in [0, 0.1) is 0 Å². The molecule has 21 heavy (non-hydrogen) atoms. The predicted octanol–water partition coefficient (Wildman–Crippen LogP) is 3.93. The Labute approximate surface area is 127 Å². The van der Waals surface area contributed by atoms with Crippen LogP contribution in [0.15, 0.2) is 60.7 Å². The van der Waals surface area contributed by atoms with Gasteiger partial charge in [-0.25, -0.2) is 0 Å². The number of nitrogens with one attached hydrogen (secondary N) is 1. The summed E-state index contributed by atoms with van der Waals surface area (Å²) in [6, 6.07) is 22.2. The second-order valence-corrected chi connectivity index (χ2v) is 5.79. The fourth-order valence-corrected chi connectivity index (χ4v) is 3.22. The smallest absolute Gasteiger partial charge is 0.0586 e. The maximum atomic E-state index is 5.49. The van der Waals surface area contributed by atoms with E-state index in [1.165, 1.54) is 17.5 Å². The summed E-state index contributed by atoms with van der Waals surface area (Å²) in [4.78, 5) is 0. The average molecular weight is 281 g/mol. The van der Waals surface area contributed by atoms with Crippen molar-refractivity contribution in [1.29, 1.82) is 0 Å². The molecular formula is C19H23NO. The first-order valence-corrected chi connectivity index (χ1v) is 7.75. The second kappa shape index (κ2) is 6.88. The zero-order valence-corrected chi connectivity index (χ0v) is 12.5. The zero-order chi connectivity index (χ0) is 14.5. The standard InChI is InChI=1S/C19H23NO/c1-21-18-13-12-17(14-18)20-19(15-8-4-2-5-9-15)16-10-6-3-7-11-16/h2-11,17-20H,12-14H2,1H3. The Hall–Kier alpha value is -1.64. The third kappa shape index (κ3) is 3.52. The van der Waals surface area contributed by atoms with Gasteiger partial charge < -0.3 is 10.1 Å². The minimum atomic E-state index is 0.257. The number of benzene rings is 2. The van der Waals surface area contributed by atoms with E-state index >= 15 is 0 Å². The van der Waals surface area contributed by atoms with Gasteiger partial charge in [0.05, 0.1) is 12.1 Å². The largest absolute Gasteiger partial charge is 0.381 e. The van der Waals surface area contributed by atoms with E-state index in [4.69, 9.17) is 4.74 Å². The molecule has 2 aromatic carbocycles. The lowest BCUT2D eigenvalue weighted by atomic mass is 9.97. The molecule has 3 rings (SSSR count). The van der Waals surface area contributed by atoms with Crippen LogP contribution in [0.1, 0.15) is 36.4 Å². The molecule has 0 radical (unpaired) electrons. The molecule has 0 aromatic heterocycles. The monoisotopic (exact) mass is 281 g/mol. The van der Waals surface area contributed by atoms with E-state index in [9.17, 15) is 0 Å². The summed E-state index contributed by atoms with van der Waals surface area (Å²) >= 11 is 0. The minimum absolute atomic E-state index is 0.257. The quantitative estimate of drug-likeness (QED) is 0.896. The molecule has 2 heteroatoms. The Kier molecular flexibility index (Phi) is 4.69. The van der Waals surface area contributed by atoms with E-state index in [1.807, 2.05) is 7.11 Å². The molecule has 0 bridgehead atoms. The van der Waals surface area contributed by atoms with Crippen LogP contribution in [-0.2, 0) is 4.74 Å². The summed E-state index contributed by atoms with van der Waals surface area (Å²) in [5.41, 5.74) is 2.65. The van der Waals surface area contributed by atoms with Crippen molar-refractivity contribution in [2.45, 2.75) is 37.5 Å². The lowest BCUT2D eigenvalue weighted by molar-refractivity contribution is 0.106. The van der Waals surface area contributed by atoms with Gasteiger partial charge in [-0.05, 0) is 30.4 Å². The molecule has 1 fully saturated rings. The van der Waals surface area contributed by atoms with Crippen molar-refractivity contribution in [1.82, 2.24) is 5.32 Å². The van der Waals surface area contributed by atoms with E-state index in [0.29, 0.717) is 12.1 Å². The normalized spacial score (nSPS) is 21.8. The Morgan fingerprint density at radius 2 is 1.48 bits per heavy atom. The van der Waals surface area contributed by atoms with E-state index in [1.54, 1.807) is 0 Å². The number of hydrogen-bond acceptors (Lipinski definition) is 2. The van der Waals surface area contributed by atoms with Crippen molar-refractivity contribution in [3.63, 3.8) is 0 Å². The SMILES string of the molecule is COC1CCC(NC(c2ccccc2)c2ccccc2)C1. The zero-order valence-electron chi connectivity index (χ0n) is 12.5. The van der Waals surface area contributed by atoms with Crippen LogP contribution in [0.3, 0.4) is 0 Å². The fraction of sp³-hybridized carbons (Fsp3) is 0.368. The Morgan fingerprint density at radius 3 is 1.95 bits per heavy atom. The Bertz CT molecular complexity index is 501.